The van der Waals surface area contributed by atoms with Crippen molar-refractivity contribution in [2.75, 3.05) is 7.11 Å². The zero-order chi connectivity index (χ0) is 17.1. The topological polar surface area (TPSA) is 53.4 Å². The summed E-state index contributed by atoms with van der Waals surface area (Å²) in [5.74, 6) is 1.18. The first kappa shape index (κ1) is 16.1. The lowest BCUT2D eigenvalue weighted by atomic mass is 10.2. The molecule has 0 aliphatic heterocycles. The smallest absolute Gasteiger partial charge is 0.326 e. The van der Waals surface area contributed by atoms with Crippen LogP contribution in [0, 0.1) is 0 Å². The number of nitrogens with zero attached hydrogens (tertiary/aromatic N) is 2. The second kappa shape index (κ2) is 6.74. The maximum Gasteiger partial charge on any atom is 0.326 e. The van der Waals surface area contributed by atoms with Crippen molar-refractivity contribution < 1.29 is 14.3 Å². The fourth-order valence-corrected chi connectivity index (χ4v) is 2.65. The van der Waals surface area contributed by atoms with Gasteiger partial charge < -0.3 is 14.0 Å². The predicted molar refractivity (Wildman–Crippen MR) is 92.9 cm³/mol. The normalized spacial score (nSPS) is 11.0. The van der Waals surface area contributed by atoms with Crippen LogP contribution in [0.3, 0.4) is 0 Å². The minimum Gasteiger partial charge on any atom is -0.497 e. The molecule has 5 nitrogen and oxygen atoms in total. The number of benzene rings is 2. The Morgan fingerprint density at radius 1 is 1.17 bits per heavy atom. The van der Waals surface area contributed by atoms with Gasteiger partial charge >= 0.3 is 5.97 Å². The summed E-state index contributed by atoms with van der Waals surface area (Å²) in [6.07, 6.45) is -0.146. The van der Waals surface area contributed by atoms with Crippen LogP contribution in [0.4, 0.5) is 0 Å². The van der Waals surface area contributed by atoms with Gasteiger partial charge in [0.2, 0.25) is 0 Å². The van der Waals surface area contributed by atoms with E-state index in [4.69, 9.17) is 14.5 Å². The highest BCUT2D eigenvalue weighted by Crippen LogP contribution is 2.27. The standard InChI is InChI=1S/C19H20N2O3/c1-13(2)24-18(22)12-21-17-10-5-4-9-16(17)20-19(21)14-7-6-8-15(11-14)23-3/h4-11,13H,12H2,1-3H3. The molecular weight excluding hydrogens is 304 g/mol. The number of hydrogen-bond acceptors (Lipinski definition) is 4. The van der Waals surface area contributed by atoms with Crippen LogP contribution in [0.5, 0.6) is 5.75 Å². The quantitative estimate of drug-likeness (QED) is 0.672. The molecule has 0 saturated heterocycles. The predicted octanol–water partition coefficient (Wildman–Crippen LogP) is 3.66. The highest BCUT2D eigenvalue weighted by molar-refractivity contribution is 5.83. The van der Waals surface area contributed by atoms with Crippen LogP contribution in [0.1, 0.15) is 13.8 Å². The van der Waals surface area contributed by atoms with E-state index in [1.807, 2.05) is 66.9 Å². The van der Waals surface area contributed by atoms with Crippen molar-refractivity contribution in [3.63, 3.8) is 0 Å². The molecule has 3 rings (SSSR count). The van der Waals surface area contributed by atoms with Gasteiger partial charge in [0.15, 0.2) is 0 Å². The molecule has 124 valence electrons. The zero-order valence-corrected chi connectivity index (χ0v) is 14.0. The number of hydrogen-bond donors (Lipinski definition) is 0. The molecule has 0 atom stereocenters. The summed E-state index contributed by atoms with van der Waals surface area (Å²) in [6, 6.07) is 15.4. The van der Waals surface area contributed by atoms with E-state index in [1.165, 1.54) is 0 Å². The van der Waals surface area contributed by atoms with Crippen LogP contribution in [-0.4, -0.2) is 28.7 Å². The summed E-state index contributed by atoms with van der Waals surface area (Å²) in [7, 11) is 1.63. The Hall–Kier alpha value is -2.82. The average Bonchev–Trinajstić information content (AvgIpc) is 2.93. The van der Waals surface area contributed by atoms with E-state index in [0.29, 0.717) is 0 Å². The maximum atomic E-state index is 12.2. The molecule has 24 heavy (non-hydrogen) atoms. The number of esters is 1. The van der Waals surface area contributed by atoms with Crippen LogP contribution < -0.4 is 4.74 Å². The molecule has 0 amide bonds. The number of rotatable bonds is 5. The zero-order valence-electron chi connectivity index (χ0n) is 14.0. The van der Waals surface area contributed by atoms with Gasteiger partial charge in [0.05, 0.1) is 24.2 Å². The minimum atomic E-state index is -0.280. The molecule has 0 aliphatic carbocycles. The second-order valence-corrected chi connectivity index (χ2v) is 5.78. The van der Waals surface area contributed by atoms with Gasteiger partial charge in [-0.15, -0.1) is 0 Å². The SMILES string of the molecule is COc1cccc(-c2nc3ccccc3n2CC(=O)OC(C)C)c1. The largest absolute Gasteiger partial charge is 0.497 e. The summed E-state index contributed by atoms with van der Waals surface area (Å²) in [5, 5.41) is 0. The third kappa shape index (κ3) is 3.25. The fourth-order valence-electron chi connectivity index (χ4n) is 2.65. The van der Waals surface area contributed by atoms with Gasteiger partial charge in [0.25, 0.3) is 0 Å². The number of imidazole rings is 1. The van der Waals surface area contributed by atoms with Crippen LogP contribution in [-0.2, 0) is 16.1 Å². The van der Waals surface area contributed by atoms with Gasteiger partial charge in [-0.2, -0.15) is 0 Å². The molecule has 2 aromatic carbocycles. The number of para-hydroxylation sites is 2. The Morgan fingerprint density at radius 2 is 1.96 bits per heavy atom. The van der Waals surface area contributed by atoms with Crippen LogP contribution >= 0.6 is 0 Å². The van der Waals surface area contributed by atoms with Crippen molar-refractivity contribution in [3.05, 3.63) is 48.5 Å². The first-order valence-electron chi connectivity index (χ1n) is 7.87. The van der Waals surface area contributed by atoms with Crippen molar-refractivity contribution in [2.45, 2.75) is 26.5 Å². The third-order valence-electron chi connectivity index (χ3n) is 3.64. The highest BCUT2D eigenvalue weighted by Gasteiger charge is 2.16. The third-order valence-corrected chi connectivity index (χ3v) is 3.64. The Balaban J connectivity index is 2.09. The first-order chi connectivity index (χ1) is 11.6. The second-order valence-electron chi connectivity index (χ2n) is 5.78. The minimum absolute atomic E-state index is 0.116. The number of carbonyl (C=O) groups excluding carboxylic acids is 1. The molecule has 1 heterocycles. The number of ether oxygens (including phenoxy) is 2. The Bertz CT molecular complexity index is 868. The lowest BCUT2D eigenvalue weighted by molar-refractivity contribution is -0.147. The molecule has 3 aromatic rings. The molecule has 0 aliphatic rings. The van der Waals surface area contributed by atoms with Crippen LogP contribution in [0.25, 0.3) is 22.4 Å². The van der Waals surface area contributed by atoms with E-state index >= 15 is 0 Å². The van der Waals surface area contributed by atoms with E-state index in [-0.39, 0.29) is 18.6 Å². The summed E-state index contributed by atoms with van der Waals surface area (Å²) in [5.41, 5.74) is 2.63. The van der Waals surface area contributed by atoms with Gasteiger partial charge in [-0.3, -0.25) is 4.79 Å². The first-order valence-corrected chi connectivity index (χ1v) is 7.87. The lowest BCUT2D eigenvalue weighted by Crippen LogP contribution is -2.18. The fraction of sp³-hybridized carbons (Fsp3) is 0.263. The summed E-state index contributed by atoms with van der Waals surface area (Å²) in [4.78, 5) is 16.9. The number of fused-ring (bicyclic) bond motifs is 1. The van der Waals surface area contributed by atoms with E-state index < -0.39 is 0 Å². The monoisotopic (exact) mass is 324 g/mol. The molecule has 0 N–H and O–H groups in total. The number of methoxy groups -OCH3 is 1. The number of carbonyl (C=O) groups is 1. The van der Waals surface area contributed by atoms with Gasteiger partial charge in [0.1, 0.15) is 18.1 Å². The molecule has 1 aromatic heterocycles. The Kier molecular flexibility index (Phi) is 4.51. The van der Waals surface area contributed by atoms with E-state index in [2.05, 4.69) is 0 Å². The van der Waals surface area contributed by atoms with Gasteiger partial charge in [-0.1, -0.05) is 24.3 Å². The van der Waals surface area contributed by atoms with Crippen LogP contribution in [0.15, 0.2) is 48.5 Å². The van der Waals surface area contributed by atoms with Crippen LogP contribution in [0.2, 0.25) is 0 Å². The summed E-state index contributed by atoms with van der Waals surface area (Å²) in [6.45, 7) is 3.80. The number of aromatic nitrogens is 2. The van der Waals surface area contributed by atoms with Gasteiger partial charge in [0, 0.05) is 5.56 Å². The van der Waals surface area contributed by atoms with Crippen molar-refractivity contribution in [1.29, 1.82) is 0 Å². The van der Waals surface area contributed by atoms with Gasteiger partial charge in [-0.05, 0) is 38.1 Å². The Labute approximate surface area is 140 Å². The van der Waals surface area contributed by atoms with E-state index in [1.54, 1.807) is 7.11 Å². The highest BCUT2D eigenvalue weighted by atomic mass is 16.5. The molecule has 0 radical (unpaired) electrons. The van der Waals surface area contributed by atoms with Crippen molar-refractivity contribution in [1.82, 2.24) is 9.55 Å². The molecule has 0 spiro atoms. The molecule has 0 bridgehead atoms. The lowest BCUT2D eigenvalue weighted by Gasteiger charge is -2.12. The van der Waals surface area contributed by atoms with E-state index in [9.17, 15) is 4.79 Å². The van der Waals surface area contributed by atoms with Crippen molar-refractivity contribution >= 4 is 17.0 Å². The molecular formula is C19H20N2O3. The molecule has 0 fully saturated rings. The molecule has 5 heteroatoms. The average molecular weight is 324 g/mol. The summed E-state index contributed by atoms with van der Waals surface area (Å²) >= 11 is 0. The van der Waals surface area contributed by atoms with E-state index in [0.717, 1.165) is 28.2 Å². The molecule has 0 saturated carbocycles. The summed E-state index contributed by atoms with van der Waals surface area (Å²) < 4.78 is 12.5. The van der Waals surface area contributed by atoms with Crippen molar-refractivity contribution in [3.8, 4) is 17.1 Å². The maximum absolute atomic E-state index is 12.2. The Morgan fingerprint density at radius 3 is 2.71 bits per heavy atom. The van der Waals surface area contributed by atoms with Gasteiger partial charge in [-0.25, -0.2) is 4.98 Å². The molecule has 0 unspecified atom stereocenters. The van der Waals surface area contributed by atoms with Crippen molar-refractivity contribution in [2.24, 2.45) is 0 Å².